The number of likely N-dealkylation sites (tertiary alicyclic amines) is 1. The lowest BCUT2D eigenvalue weighted by Gasteiger charge is -2.32. The molecule has 6 nitrogen and oxygen atoms in total. The SMILES string of the molecule is CC(C)CNC(=O)N1CCCC(C(=O)Nc2ccc3c(c2F)CCNC3)C1. The van der Waals surface area contributed by atoms with E-state index in [0.29, 0.717) is 50.5 Å². The van der Waals surface area contributed by atoms with Crippen molar-refractivity contribution in [2.75, 3.05) is 31.5 Å². The second kappa shape index (κ2) is 8.69. The van der Waals surface area contributed by atoms with Crippen LogP contribution in [-0.2, 0) is 17.8 Å². The summed E-state index contributed by atoms with van der Waals surface area (Å²) in [5.41, 5.74) is 1.87. The summed E-state index contributed by atoms with van der Waals surface area (Å²) in [7, 11) is 0. The van der Waals surface area contributed by atoms with E-state index in [4.69, 9.17) is 0 Å². The van der Waals surface area contributed by atoms with Gasteiger partial charge in [-0.15, -0.1) is 0 Å². The van der Waals surface area contributed by atoms with E-state index in [9.17, 15) is 14.0 Å². The van der Waals surface area contributed by atoms with Gasteiger partial charge in [0.1, 0.15) is 5.82 Å². The highest BCUT2D eigenvalue weighted by Crippen LogP contribution is 2.26. The number of hydrogen-bond acceptors (Lipinski definition) is 3. The number of amides is 3. The monoisotopic (exact) mass is 376 g/mol. The van der Waals surface area contributed by atoms with Gasteiger partial charge in [0.15, 0.2) is 0 Å². The first-order valence-corrected chi connectivity index (χ1v) is 9.80. The van der Waals surface area contributed by atoms with Crippen LogP contribution in [0.3, 0.4) is 0 Å². The normalized spacial score (nSPS) is 19.6. The first-order valence-electron chi connectivity index (χ1n) is 9.80. The van der Waals surface area contributed by atoms with Crippen LogP contribution in [0.15, 0.2) is 12.1 Å². The summed E-state index contributed by atoms with van der Waals surface area (Å²) in [5, 5.41) is 8.86. The number of benzene rings is 1. The molecule has 148 valence electrons. The molecule has 0 bridgehead atoms. The summed E-state index contributed by atoms with van der Waals surface area (Å²) in [6.07, 6.45) is 2.10. The number of anilines is 1. The van der Waals surface area contributed by atoms with Gasteiger partial charge < -0.3 is 20.9 Å². The average molecular weight is 376 g/mol. The van der Waals surface area contributed by atoms with Crippen molar-refractivity contribution in [3.05, 3.63) is 29.1 Å². The lowest BCUT2D eigenvalue weighted by molar-refractivity contribution is -0.121. The number of nitrogens with one attached hydrogen (secondary N) is 3. The minimum absolute atomic E-state index is 0.131. The van der Waals surface area contributed by atoms with E-state index in [1.807, 2.05) is 19.9 Å². The van der Waals surface area contributed by atoms with Crippen LogP contribution in [0.25, 0.3) is 0 Å². The molecule has 0 saturated carbocycles. The molecule has 2 aliphatic heterocycles. The number of hydrogen-bond donors (Lipinski definition) is 3. The van der Waals surface area contributed by atoms with Gasteiger partial charge in [0, 0.05) is 26.2 Å². The van der Waals surface area contributed by atoms with E-state index in [1.165, 1.54) is 0 Å². The third-order valence-electron chi connectivity index (χ3n) is 5.21. The second-order valence-corrected chi connectivity index (χ2v) is 7.85. The van der Waals surface area contributed by atoms with Gasteiger partial charge in [-0.05, 0) is 48.9 Å². The Hall–Kier alpha value is -2.15. The van der Waals surface area contributed by atoms with Crippen LogP contribution in [0.5, 0.6) is 0 Å². The van der Waals surface area contributed by atoms with Crippen LogP contribution >= 0.6 is 0 Å². The van der Waals surface area contributed by atoms with Gasteiger partial charge in [-0.25, -0.2) is 9.18 Å². The zero-order valence-corrected chi connectivity index (χ0v) is 16.1. The van der Waals surface area contributed by atoms with Gasteiger partial charge >= 0.3 is 6.03 Å². The summed E-state index contributed by atoms with van der Waals surface area (Å²) < 4.78 is 14.7. The van der Waals surface area contributed by atoms with Crippen LogP contribution in [0.4, 0.5) is 14.9 Å². The molecular weight excluding hydrogens is 347 g/mol. The quantitative estimate of drug-likeness (QED) is 0.756. The number of fused-ring (bicyclic) bond motifs is 1. The molecule has 27 heavy (non-hydrogen) atoms. The molecule has 1 aromatic rings. The van der Waals surface area contributed by atoms with Crippen molar-refractivity contribution < 1.29 is 14.0 Å². The zero-order chi connectivity index (χ0) is 19.4. The molecule has 0 spiro atoms. The van der Waals surface area contributed by atoms with E-state index in [2.05, 4.69) is 16.0 Å². The van der Waals surface area contributed by atoms with E-state index >= 15 is 0 Å². The van der Waals surface area contributed by atoms with E-state index in [1.54, 1.807) is 11.0 Å². The summed E-state index contributed by atoms with van der Waals surface area (Å²) >= 11 is 0. The third kappa shape index (κ3) is 4.77. The minimum Gasteiger partial charge on any atom is -0.338 e. The van der Waals surface area contributed by atoms with Gasteiger partial charge in [-0.2, -0.15) is 0 Å². The Morgan fingerprint density at radius 1 is 1.37 bits per heavy atom. The molecule has 1 unspecified atom stereocenters. The molecule has 1 aromatic carbocycles. The molecule has 2 aliphatic rings. The van der Waals surface area contributed by atoms with E-state index in [-0.39, 0.29) is 29.4 Å². The number of urea groups is 1. The van der Waals surface area contributed by atoms with Gasteiger partial charge in [0.05, 0.1) is 11.6 Å². The second-order valence-electron chi connectivity index (χ2n) is 7.85. The summed E-state index contributed by atoms with van der Waals surface area (Å²) in [6, 6.07) is 3.37. The topological polar surface area (TPSA) is 73.5 Å². The molecule has 0 radical (unpaired) electrons. The fourth-order valence-corrected chi connectivity index (χ4v) is 3.64. The van der Waals surface area contributed by atoms with Crippen molar-refractivity contribution >= 4 is 17.6 Å². The molecule has 0 aliphatic carbocycles. The number of piperidine rings is 1. The highest BCUT2D eigenvalue weighted by Gasteiger charge is 2.29. The number of carbonyl (C=O) groups is 2. The van der Waals surface area contributed by atoms with Crippen molar-refractivity contribution in [3.8, 4) is 0 Å². The summed E-state index contributed by atoms with van der Waals surface area (Å²) in [4.78, 5) is 26.6. The zero-order valence-electron chi connectivity index (χ0n) is 16.1. The van der Waals surface area contributed by atoms with Gasteiger partial charge in [-0.3, -0.25) is 4.79 Å². The van der Waals surface area contributed by atoms with Gasteiger partial charge in [-0.1, -0.05) is 19.9 Å². The fourth-order valence-electron chi connectivity index (χ4n) is 3.64. The Morgan fingerprint density at radius 2 is 2.19 bits per heavy atom. The van der Waals surface area contributed by atoms with Crippen LogP contribution in [0, 0.1) is 17.7 Å². The smallest absolute Gasteiger partial charge is 0.317 e. The van der Waals surface area contributed by atoms with Crippen LogP contribution in [-0.4, -0.2) is 43.0 Å². The maximum absolute atomic E-state index is 14.7. The van der Waals surface area contributed by atoms with Crippen molar-refractivity contribution in [2.24, 2.45) is 11.8 Å². The molecular formula is C20H29FN4O2. The highest BCUT2D eigenvalue weighted by molar-refractivity contribution is 5.93. The highest BCUT2D eigenvalue weighted by atomic mass is 19.1. The lowest BCUT2D eigenvalue weighted by Crippen LogP contribution is -2.48. The molecule has 3 rings (SSSR count). The van der Waals surface area contributed by atoms with Crippen molar-refractivity contribution in [2.45, 2.75) is 39.7 Å². The Balaban J connectivity index is 1.61. The number of nitrogens with zero attached hydrogens (tertiary/aromatic N) is 1. The van der Waals surface area contributed by atoms with Crippen molar-refractivity contribution in [1.29, 1.82) is 0 Å². The van der Waals surface area contributed by atoms with Gasteiger partial charge in [0.2, 0.25) is 5.91 Å². The van der Waals surface area contributed by atoms with Crippen LogP contribution in [0.2, 0.25) is 0 Å². The Bertz CT molecular complexity index is 707. The van der Waals surface area contributed by atoms with E-state index in [0.717, 1.165) is 18.5 Å². The Morgan fingerprint density at radius 3 is 2.96 bits per heavy atom. The lowest BCUT2D eigenvalue weighted by atomic mass is 9.96. The van der Waals surface area contributed by atoms with Crippen LogP contribution in [0.1, 0.15) is 37.8 Å². The molecule has 2 heterocycles. The summed E-state index contributed by atoms with van der Waals surface area (Å²) in [6.45, 7) is 7.10. The predicted octanol–water partition coefficient (Wildman–Crippen LogP) is 2.49. The molecule has 1 fully saturated rings. The Kier molecular flexibility index (Phi) is 6.31. The Labute approximate surface area is 159 Å². The third-order valence-corrected chi connectivity index (χ3v) is 5.21. The maximum atomic E-state index is 14.7. The molecule has 0 aromatic heterocycles. The first kappa shape index (κ1) is 19.6. The average Bonchev–Trinajstić information content (AvgIpc) is 2.68. The molecule has 7 heteroatoms. The first-order chi connectivity index (χ1) is 13.0. The van der Waals surface area contributed by atoms with E-state index < -0.39 is 0 Å². The minimum atomic E-state index is -0.329. The standard InChI is InChI=1S/C20H29FN4O2/c1-13(2)10-23-20(27)25-9-3-4-15(12-25)19(26)24-17-6-5-14-11-22-8-7-16(14)18(17)21/h5-6,13,15,22H,3-4,7-12H2,1-2H3,(H,23,27)(H,24,26). The van der Waals surface area contributed by atoms with Crippen molar-refractivity contribution in [3.63, 3.8) is 0 Å². The molecule has 1 atom stereocenters. The predicted molar refractivity (Wildman–Crippen MR) is 103 cm³/mol. The molecule has 1 saturated heterocycles. The van der Waals surface area contributed by atoms with Crippen LogP contribution < -0.4 is 16.0 Å². The number of rotatable bonds is 4. The maximum Gasteiger partial charge on any atom is 0.317 e. The largest absolute Gasteiger partial charge is 0.338 e. The molecule has 3 N–H and O–H groups in total. The molecule has 3 amide bonds. The summed E-state index contributed by atoms with van der Waals surface area (Å²) in [5.74, 6) is -0.491. The van der Waals surface area contributed by atoms with Crippen molar-refractivity contribution in [1.82, 2.24) is 15.5 Å². The fraction of sp³-hybridized carbons (Fsp3) is 0.600. The van der Waals surface area contributed by atoms with Gasteiger partial charge in [0.25, 0.3) is 0 Å². The number of halogens is 1. The number of carbonyl (C=O) groups excluding carboxylic acids is 2.